The van der Waals surface area contributed by atoms with Crippen molar-refractivity contribution in [1.29, 1.82) is 0 Å². The lowest BCUT2D eigenvalue weighted by molar-refractivity contribution is 0.155. The molecule has 0 spiro atoms. The molecule has 94 valence electrons. The molecule has 0 bridgehead atoms. The van der Waals surface area contributed by atoms with Crippen LogP contribution in [0.5, 0.6) is 5.75 Å². The van der Waals surface area contributed by atoms with Crippen molar-refractivity contribution in [2.45, 2.75) is 57.8 Å². The number of hydrogen-bond acceptors (Lipinski definition) is 1. The van der Waals surface area contributed by atoms with Gasteiger partial charge in [-0.3, -0.25) is 0 Å². The molecule has 1 aromatic carbocycles. The van der Waals surface area contributed by atoms with Crippen LogP contribution in [-0.4, -0.2) is 14.2 Å². The Labute approximate surface area is 106 Å². The molecule has 0 radical (unpaired) electrons. The molecule has 0 amide bonds. The molecular weight excluding hydrogens is 224 g/mol. The largest absolute Gasteiger partial charge is 0.490 e. The summed E-state index contributed by atoms with van der Waals surface area (Å²) in [6, 6.07) is 8.77. The van der Waals surface area contributed by atoms with E-state index in [0.717, 1.165) is 5.75 Å². The van der Waals surface area contributed by atoms with E-state index in [1.165, 1.54) is 37.3 Å². The van der Waals surface area contributed by atoms with Gasteiger partial charge in [-0.15, -0.1) is 0 Å². The van der Waals surface area contributed by atoms with E-state index >= 15 is 0 Å². The lowest BCUT2D eigenvalue weighted by Crippen LogP contribution is -2.37. The third-order valence-electron chi connectivity index (χ3n) is 3.56. The molecular formula is C15H24OSi. The first-order valence-corrected chi connectivity index (χ1v) is 10.3. The minimum absolute atomic E-state index is 0.459. The molecule has 0 atom stereocenters. The van der Waals surface area contributed by atoms with Crippen molar-refractivity contribution in [3.8, 4) is 5.75 Å². The molecule has 0 heterocycles. The van der Waals surface area contributed by atoms with Crippen molar-refractivity contribution < 1.29 is 4.74 Å². The van der Waals surface area contributed by atoms with E-state index in [1.54, 1.807) is 0 Å². The first-order valence-electron chi connectivity index (χ1n) is 6.83. The van der Waals surface area contributed by atoms with Crippen molar-refractivity contribution in [3.05, 3.63) is 24.3 Å². The van der Waals surface area contributed by atoms with Gasteiger partial charge in [-0.05, 0) is 37.8 Å². The van der Waals surface area contributed by atoms with Gasteiger partial charge in [0.2, 0.25) is 0 Å². The summed E-state index contributed by atoms with van der Waals surface area (Å²) in [7, 11) is -1.21. The van der Waals surface area contributed by atoms with Crippen molar-refractivity contribution in [2.24, 2.45) is 0 Å². The van der Waals surface area contributed by atoms with E-state index in [4.69, 9.17) is 4.74 Å². The van der Waals surface area contributed by atoms with Gasteiger partial charge in [0.15, 0.2) is 0 Å². The molecule has 0 unspecified atom stereocenters. The molecule has 17 heavy (non-hydrogen) atoms. The van der Waals surface area contributed by atoms with Gasteiger partial charge in [-0.2, -0.15) is 0 Å². The van der Waals surface area contributed by atoms with Crippen LogP contribution in [0.4, 0.5) is 0 Å². The molecule has 1 saturated carbocycles. The molecule has 2 rings (SSSR count). The minimum atomic E-state index is -1.21. The third-order valence-corrected chi connectivity index (χ3v) is 5.60. The molecule has 1 fully saturated rings. The summed E-state index contributed by atoms with van der Waals surface area (Å²) in [6.45, 7) is 7.15. The van der Waals surface area contributed by atoms with Gasteiger partial charge < -0.3 is 4.74 Å². The average molecular weight is 248 g/mol. The molecule has 0 aromatic heterocycles. The van der Waals surface area contributed by atoms with E-state index in [2.05, 4.69) is 43.9 Å². The minimum Gasteiger partial charge on any atom is -0.490 e. The number of ether oxygens (including phenoxy) is 1. The fourth-order valence-corrected chi connectivity index (χ4v) is 3.58. The van der Waals surface area contributed by atoms with Gasteiger partial charge in [0.25, 0.3) is 0 Å². The van der Waals surface area contributed by atoms with Crippen LogP contribution in [0.3, 0.4) is 0 Å². The normalized spacial score (nSPS) is 18.1. The number of hydrogen-bond donors (Lipinski definition) is 0. The molecule has 2 heteroatoms. The smallest absolute Gasteiger partial charge is 0.119 e. The quantitative estimate of drug-likeness (QED) is 0.736. The fraction of sp³-hybridized carbons (Fsp3) is 0.600. The second-order valence-electron chi connectivity index (χ2n) is 6.16. The highest BCUT2D eigenvalue weighted by atomic mass is 28.3. The van der Waals surface area contributed by atoms with Crippen LogP contribution in [0.1, 0.15) is 32.1 Å². The van der Waals surface area contributed by atoms with Crippen molar-refractivity contribution in [2.75, 3.05) is 0 Å². The summed E-state index contributed by atoms with van der Waals surface area (Å²) in [5.74, 6) is 1.08. The maximum Gasteiger partial charge on any atom is 0.119 e. The first-order chi connectivity index (χ1) is 8.05. The Bertz CT molecular complexity index is 361. The predicted molar refractivity (Wildman–Crippen MR) is 76.9 cm³/mol. The van der Waals surface area contributed by atoms with E-state index in [-0.39, 0.29) is 0 Å². The fourth-order valence-electron chi connectivity index (χ4n) is 2.41. The zero-order valence-electron chi connectivity index (χ0n) is 11.3. The summed E-state index contributed by atoms with van der Waals surface area (Å²) in [4.78, 5) is 0. The standard InChI is InChI=1S/C15H24OSi/c1-17(2,3)15-11-7-10-14(12-15)16-13-8-5-4-6-9-13/h7,10-13H,4-6,8-9H2,1-3H3. The molecule has 1 aliphatic carbocycles. The highest BCUT2D eigenvalue weighted by molar-refractivity contribution is 6.88. The zero-order chi connectivity index (χ0) is 12.3. The van der Waals surface area contributed by atoms with Crippen molar-refractivity contribution in [1.82, 2.24) is 0 Å². The molecule has 0 aliphatic heterocycles. The molecule has 1 aliphatic rings. The average Bonchev–Trinajstić information content (AvgIpc) is 2.29. The van der Waals surface area contributed by atoms with Gasteiger partial charge in [0, 0.05) is 0 Å². The Balaban J connectivity index is 2.05. The lowest BCUT2D eigenvalue weighted by Gasteiger charge is -2.24. The first kappa shape index (κ1) is 12.7. The Hall–Kier alpha value is -0.763. The van der Waals surface area contributed by atoms with Crippen LogP contribution < -0.4 is 9.92 Å². The summed E-state index contributed by atoms with van der Waals surface area (Å²) in [5.41, 5.74) is 0. The summed E-state index contributed by atoms with van der Waals surface area (Å²) < 4.78 is 6.11. The van der Waals surface area contributed by atoms with Gasteiger partial charge in [-0.1, -0.05) is 43.4 Å². The predicted octanol–water partition coefficient (Wildman–Crippen LogP) is 3.94. The zero-order valence-corrected chi connectivity index (χ0v) is 12.3. The van der Waals surface area contributed by atoms with Crippen LogP contribution in [0.25, 0.3) is 0 Å². The number of rotatable bonds is 3. The molecule has 0 saturated heterocycles. The number of benzene rings is 1. The van der Waals surface area contributed by atoms with Crippen molar-refractivity contribution >= 4 is 13.3 Å². The van der Waals surface area contributed by atoms with Crippen LogP contribution >= 0.6 is 0 Å². The molecule has 1 aromatic rings. The third kappa shape index (κ3) is 3.60. The van der Waals surface area contributed by atoms with E-state index in [1.807, 2.05) is 0 Å². The monoisotopic (exact) mass is 248 g/mol. The van der Waals surface area contributed by atoms with Gasteiger partial charge in [0.05, 0.1) is 14.2 Å². The van der Waals surface area contributed by atoms with Gasteiger partial charge in [-0.25, -0.2) is 0 Å². The lowest BCUT2D eigenvalue weighted by atomic mass is 9.98. The Morgan fingerprint density at radius 2 is 1.76 bits per heavy atom. The summed E-state index contributed by atoms with van der Waals surface area (Å²) in [6.07, 6.45) is 6.97. The van der Waals surface area contributed by atoms with E-state index in [9.17, 15) is 0 Å². The van der Waals surface area contributed by atoms with Crippen LogP contribution in [0, 0.1) is 0 Å². The second kappa shape index (κ2) is 5.26. The van der Waals surface area contributed by atoms with Crippen LogP contribution in [0.15, 0.2) is 24.3 Å². The molecule has 0 N–H and O–H groups in total. The van der Waals surface area contributed by atoms with Crippen LogP contribution in [0.2, 0.25) is 19.6 Å². The van der Waals surface area contributed by atoms with Gasteiger partial charge >= 0.3 is 0 Å². The summed E-state index contributed by atoms with van der Waals surface area (Å²) in [5, 5.41) is 1.49. The highest BCUT2D eigenvalue weighted by Crippen LogP contribution is 2.23. The van der Waals surface area contributed by atoms with E-state index in [0.29, 0.717) is 6.10 Å². The Morgan fingerprint density at radius 1 is 1.06 bits per heavy atom. The maximum atomic E-state index is 6.11. The SMILES string of the molecule is C[Si](C)(C)c1cccc(OC2CCCCC2)c1. The van der Waals surface area contributed by atoms with E-state index < -0.39 is 8.07 Å². The van der Waals surface area contributed by atoms with Crippen LogP contribution in [-0.2, 0) is 0 Å². The maximum absolute atomic E-state index is 6.11. The topological polar surface area (TPSA) is 9.23 Å². The van der Waals surface area contributed by atoms with Crippen molar-refractivity contribution in [3.63, 3.8) is 0 Å². The molecule has 1 nitrogen and oxygen atoms in total. The Morgan fingerprint density at radius 3 is 2.41 bits per heavy atom. The highest BCUT2D eigenvalue weighted by Gasteiger charge is 2.18. The Kier molecular flexibility index (Phi) is 3.92. The van der Waals surface area contributed by atoms with Gasteiger partial charge in [0.1, 0.15) is 5.75 Å². The summed E-state index contributed by atoms with van der Waals surface area (Å²) >= 11 is 0. The second-order valence-corrected chi connectivity index (χ2v) is 11.2.